The molecule has 0 saturated carbocycles. The number of carbonyl (C=O) groups excluding carboxylic acids is 1. The van der Waals surface area contributed by atoms with E-state index in [1.807, 2.05) is 0 Å². The molecule has 0 bridgehead atoms. The molecule has 0 saturated heterocycles. The van der Waals surface area contributed by atoms with Gasteiger partial charge in [0, 0.05) is 23.7 Å². The molecule has 1 aliphatic rings. The van der Waals surface area contributed by atoms with Crippen LogP contribution in [0.15, 0.2) is 47.4 Å². The van der Waals surface area contributed by atoms with Crippen LogP contribution in [0.2, 0.25) is 5.02 Å². The fraction of sp³-hybridized carbons (Fsp3) is 0.350. The van der Waals surface area contributed by atoms with Gasteiger partial charge in [-0.05, 0) is 66.8 Å². The molecule has 0 fully saturated rings. The van der Waals surface area contributed by atoms with Crippen molar-refractivity contribution >= 4 is 33.2 Å². The molecule has 2 aromatic rings. The normalized spacial score (nSPS) is 13.7. The molecule has 0 unspecified atom stereocenters. The standard InChI is InChI=1S/C20H23ClN2O3S/c1-14(2)9-11-22-20(24)16-3-8-19-15(13-16)10-12-23(19)27(25,26)18-6-4-17(21)5-7-18/h3-8,13-14H,9-12H2,1-2H3,(H,22,24). The molecule has 27 heavy (non-hydrogen) atoms. The maximum atomic E-state index is 12.9. The first-order valence-corrected chi connectivity index (χ1v) is 10.8. The number of sulfonamides is 1. The number of rotatable bonds is 6. The van der Waals surface area contributed by atoms with Gasteiger partial charge in [-0.25, -0.2) is 8.42 Å². The van der Waals surface area contributed by atoms with Crippen LogP contribution in [0, 0.1) is 5.92 Å². The number of nitrogens with zero attached hydrogens (tertiary/aromatic N) is 1. The number of fused-ring (bicyclic) bond motifs is 1. The van der Waals surface area contributed by atoms with Crippen LogP contribution < -0.4 is 9.62 Å². The van der Waals surface area contributed by atoms with Crippen molar-refractivity contribution in [3.8, 4) is 0 Å². The van der Waals surface area contributed by atoms with E-state index in [-0.39, 0.29) is 10.8 Å². The highest BCUT2D eigenvalue weighted by Gasteiger charge is 2.31. The smallest absolute Gasteiger partial charge is 0.264 e. The number of nitrogens with one attached hydrogen (secondary N) is 1. The number of amides is 1. The first kappa shape index (κ1) is 19.7. The zero-order valence-electron chi connectivity index (χ0n) is 15.4. The van der Waals surface area contributed by atoms with E-state index in [9.17, 15) is 13.2 Å². The summed E-state index contributed by atoms with van der Waals surface area (Å²) in [5, 5.41) is 3.40. The Hall–Kier alpha value is -2.05. The molecule has 7 heteroatoms. The molecular weight excluding hydrogens is 384 g/mol. The van der Waals surface area contributed by atoms with E-state index in [2.05, 4.69) is 19.2 Å². The fourth-order valence-electron chi connectivity index (χ4n) is 3.07. The van der Waals surface area contributed by atoms with E-state index in [1.54, 1.807) is 30.3 Å². The van der Waals surface area contributed by atoms with E-state index in [1.165, 1.54) is 16.4 Å². The predicted octanol–water partition coefficient (Wildman–Crippen LogP) is 3.87. The zero-order valence-corrected chi connectivity index (χ0v) is 17.0. The van der Waals surface area contributed by atoms with Crippen LogP contribution in [0.1, 0.15) is 36.2 Å². The van der Waals surface area contributed by atoms with Gasteiger partial charge in [-0.3, -0.25) is 9.10 Å². The quantitative estimate of drug-likeness (QED) is 0.791. The van der Waals surface area contributed by atoms with Crippen molar-refractivity contribution in [1.82, 2.24) is 5.32 Å². The fourth-order valence-corrected chi connectivity index (χ4v) is 4.70. The molecule has 0 radical (unpaired) electrons. The van der Waals surface area contributed by atoms with Crippen LogP contribution in [0.4, 0.5) is 5.69 Å². The van der Waals surface area contributed by atoms with Crippen molar-refractivity contribution < 1.29 is 13.2 Å². The average Bonchev–Trinajstić information content (AvgIpc) is 3.05. The van der Waals surface area contributed by atoms with Crippen molar-refractivity contribution in [2.75, 3.05) is 17.4 Å². The molecular formula is C20H23ClN2O3S. The first-order chi connectivity index (χ1) is 12.8. The number of anilines is 1. The molecule has 1 amide bonds. The summed E-state index contributed by atoms with van der Waals surface area (Å²) < 4.78 is 27.3. The highest BCUT2D eigenvalue weighted by atomic mass is 35.5. The lowest BCUT2D eigenvalue weighted by atomic mass is 10.1. The Labute approximate surface area is 165 Å². The van der Waals surface area contributed by atoms with Gasteiger partial charge in [0.2, 0.25) is 0 Å². The van der Waals surface area contributed by atoms with Gasteiger partial charge in [0.1, 0.15) is 0 Å². The molecule has 1 aliphatic heterocycles. The molecule has 1 heterocycles. The number of benzene rings is 2. The van der Waals surface area contributed by atoms with Crippen LogP contribution in [0.3, 0.4) is 0 Å². The summed E-state index contributed by atoms with van der Waals surface area (Å²) in [6.07, 6.45) is 1.50. The van der Waals surface area contributed by atoms with Crippen molar-refractivity contribution in [3.63, 3.8) is 0 Å². The Balaban J connectivity index is 1.80. The Morgan fingerprint density at radius 2 is 1.89 bits per heavy atom. The Morgan fingerprint density at radius 3 is 2.56 bits per heavy atom. The first-order valence-electron chi connectivity index (χ1n) is 8.98. The van der Waals surface area contributed by atoms with Crippen LogP contribution >= 0.6 is 11.6 Å². The lowest BCUT2D eigenvalue weighted by Crippen LogP contribution is -2.29. The number of halogens is 1. The van der Waals surface area contributed by atoms with Crippen LogP contribution in [-0.2, 0) is 16.4 Å². The molecule has 0 atom stereocenters. The second-order valence-electron chi connectivity index (χ2n) is 7.06. The van der Waals surface area contributed by atoms with Crippen molar-refractivity contribution in [2.24, 2.45) is 5.92 Å². The molecule has 1 N–H and O–H groups in total. The van der Waals surface area contributed by atoms with Crippen LogP contribution in [-0.4, -0.2) is 27.4 Å². The van der Waals surface area contributed by atoms with Gasteiger partial charge in [0.25, 0.3) is 15.9 Å². The lowest BCUT2D eigenvalue weighted by Gasteiger charge is -2.19. The van der Waals surface area contributed by atoms with Gasteiger partial charge < -0.3 is 5.32 Å². The van der Waals surface area contributed by atoms with Gasteiger partial charge in [0.05, 0.1) is 10.6 Å². The second-order valence-corrected chi connectivity index (χ2v) is 9.36. The molecule has 0 spiro atoms. The third-order valence-corrected chi connectivity index (χ3v) is 6.68. The third kappa shape index (κ3) is 4.28. The highest BCUT2D eigenvalue weighted by Crippen LogP contribution is 2.33. The summed E-state index contributed by atoms with van der Waals surface area (Å²) in [6, 6.07) is 11.3. The highest BCUT2D eigenvalue weighted by molar-refractivity contribution is 7.92. The molecule has 0 aromatic heterocycles. The summed E-state index contributed by atoms with van der Waals surface area (Å²) in [5.41, 5.74) is 2.05. The van der Waals surface area contributed by atoms with E-state index < -0.39 is 10.0 Å². The van der Waals surface area contributed by atoms with E-state index >= 15 is 0 Å². The van der Waals surface area contributed by atoms with Gasteiger partial charge in [-0.1, -0.05) is 25.4 Å². The number of carbonyl (C=O) groups is 1. The number of hydrogen-bond donors (Lipinski definition) is 1. The summed E-state index contributed by atoms with van der Waals surface area (Å²) in [6.45, 7) is 5.21. The summed E-state index contributed by atoms with van der Waals surface area (Å²) >= 11 is 5.86. The Morgan fingerprint density at radius 1 is 1.19 bits per heavy atom. The van der Waals surface area contributed by atoms with Gasteiger partial charge >= 0.3 is 0 Å². The van der Waals surface area contributed by atoms with E-state index in [4.69, 9.17) is 11.6 Å². The van der Waals surface area contributed by atoms with Gasteiger partial charge in [0.15, 0.2) is 0 Å². The SMILES string of the molecule is CC(C)CCNC(=O)c1ccc2c(c1)CCN2S(=O)(=O)c1ccc(Cl)cc1. The minimum atomic E-state index is -3.65. The lowest BCUT2D eigenvalue weighted by molar-refractivity contribution is 0.0952. The maximum Gasteiger partial charge on any atom is 0.264 e. The topological polar surface area (TPSA) is 66.5 Å². The Kier molecular flexibility index (Phi) is 5.77. The van der Waals surface area contributed by atoms with Crippen molar-refractivity contribution in [3.05, 3.63) is 58.6 Å². The molecule has 144 valence electrons. The van der Waals surface area contributed by atoms with Crippen molar-refractivity contribution in [1.29, 1.82) is 0 Å². The zero-order chi connectivity index (χ0) is 19.6. The average molecular weight is 407 g/mol. The monoisotopic (exact) mass is 406 g/mol. The molecule has 3 rings (SSSR count). The van der Waals surface area contributed by atoms with Crippen LogP contribution in [0.25, 0.3) is 0 Å². The van der Waals surface area contributed by atoms with Gasteiger partial charge in [-0.2, -0.15) is 0 Å². The summed E-state index contributed by atoms with van der Waals surface area (Å²) in [5.74, 6) is 0.398. The molecule has 5 nitrogen and oxygen atoms in total. The second kappa shape index (κ2) is 7.90. The molecule has 0 aliphatic carbocycles. The minimum absolute atomic E-state index is 0.127. The largest absolute Gasteiger partial charge is 0.352 e. The van der Waals surface area contributed by atoms with Crippen molar-refractivity contribution in [2.45, 2.75) is 31.6 Å². The number of hydrogen-bond acceptors (Lipinski definition) is 3. The summed E-state index contributed by atoms with van der Waals surface area (Å²) in [4.78, 5) is 12.5. The summed E-state index contributed by atoms with van der Waals surface area (Å²) in [7, 11) is -3.65. The van der Waals surface area contributed by atoms with Gasteiger partial charge in [-0.15, -0.1) is 0 Å². The third-order valence-electron chi connectivity index (χ3n) is 4.60. The minimum Gasteiger partial charge on any atom is -0.352 e. The Bertz CT molecular complexity index is 940. The predicted molar refractivity (Wildman–Crippen MR) is 108 cm³/mol. The molecule has 2 aromatic carbocycles. The maximum absolute atomic E-state index is 12.9. The van der Waals surface area contributed by atoms with E-state index in [0.717, 1.165) is 12.0 Å². The van der Waals surface area contributed by atoms with Crippen LogP contribution in [0.5, 0.6) is 0 Å². The van der Waals surface area contributed by atoms with E-state index in [0.29, 0.717) is 41.7 Å².